The van der Waals surface area contributed by atoms with Crippen LogP contribution in [0.1, 0.15) is 11.1 Å². The monoisotopic (exact) mass is 496 g/mol. The fourth-order valence-corrected chi connectivity index (χ4v) is 3.71. The molecule has 2 aromatic rings. The van der Waals surface area contributed by atoms with Gasteiger partial charge in [-0.2, -0.15) is 0 Å². The van der Waals surface area contributed by atoms with Gasteiger partial charge in [0.15, 0.2) is 11.9 Å². The maximum absolute atomic E-state index is 12.6. The van der Waals surface area contributed by atoms with Crippen LogP contribution in [0.2, 0.25) is 0 Å². The molecular weight excluding hydrogens is 471 g/mol. The lowest BCUT2D eigenvalue weighted by molar-refractivity contribution is -0.148. The van der Waals surface area contributed by atoms with Crippen molar-refractivity contribution < 1.29 is 52.5 Å². The van der Waals surface area contributed by atoms with Crippen molar-refractivity contribution >= 4 is 13.8 Å². The van der Waals surface area contributed by atoms with Gasteiger partial charge < -0.3 is 38.6 Å². The summed E-state index contributed by atoms with van der Waals surface area (Å²) in [6.07, 6.45) is -3.04. The molecule has 0 spiro atoms. The third-order valence-electron chi connectivity index (χ3n) is 4.74. The van der Waals surface area contributed by atoms with Gasteiger partial charge in [0.1, 0.15) is 30.8 Å². The SMILES string of the molecule is COc1cccc(COC2=C(OCc3cccc(OC)c3)C(C(CO)OP(=O)(O)O)OC2=O)c1. The van der Waals surface area contributed by atoms with Crippen LogP contribution in [0.3, 0.4) is 0 Å². The van der Waals surface area contributed by atoms with Gasteiger partial charge in [0.25, 0.3) is 0 Å². The highest BCUT2D eigenvalue weighted by Crippen LogP contribution is 2.41. The highest BCUT2D eigenvalue weighted by atomic mass is 31.2. The van der Waals surface area contributed by atoms with Gasteiger partial charge >= 0.3 is 13.8 Å². The summed E-state index contributed by atoms with van der Waals surface area (Å²) in [5.41, 5.74) is 1.36. The molecule has 11 nitrogen and oxygen atoms in total. The quantitative estimate of drug-likeness (QED) is 0.293. The van der Waals surface area contributed by atoms with Gasteiger partial charge in [0.2, 0.25) is 5.76 Å². The molecule has 0 aliphatic carbocycles. The fraction of sp³-hybridized carbons (Fsp3) is 0.318. The number of ether oxygens (including phenoxy) is 5. The summed E-state index contributed by atoms with van der Waals surface area (Å²) in [6, 6.07) is 13.9. The molecule has 2 atom stereocenters. The van der Waals surface area contributed by atoms with Crippen LogP contribution in [0.25, 0.3) is 0 Å². The summed E-state index contributed by atoms with van der Waals surface area (Å²) < 4.78 is 43.0. The van der Waals surface area contributed by atoms with Gasteiger partial charge in [0.05, 0.1) is 20.8 Å². The Hall–Kier alpha value is -3.08. The first kappa shape index (κ1) is 25.5. The molecule has 1 aliphatic heterocycles. The van der Waals surface area contributed by atoms with Crippen LogP contribution in [0.15, 0.2) is 60.0 Å². The summed E-state index contributed by atoms with van der Waals surface area (Å²) in [5.74, 6) is -0.224. The minimum atomic E-state index is -5.02. The number of rotatable bonds is 12. The summed E-state index contributed by atoms with van der Waals surface area (Å²) in [7, 11) is -1.99. The second-order valence-electron chi connectivity index (χ2n) is 7.12. The van der Waals surface area contributed by atoms with E-state index in [1.54, 1.807) is 48.5 Å². The number of phosphoric acid groups is 1. The number of benzene rings is 2. The van der Waals surface area contributed by atoms with Crippen LogP contribution in [0.4, 0.5) is 0 Å². The first-order valence-corrected chi connectivity index (χ1v) is 11.6. The molecule has 34 heavy (non-hydrogen) atoms. The number of hydrogen-bond acceptors (Lipinski definition) is 9. The maximum Gasteiger partial charge on any atom is 0.470 e. The van der Waals surface area contributed by atoms with Crippen molar-refractivity contribution in [1.29, 1.82) is 0 Å². The van der Waals surface area contributed by atoms with E-state index >= 15 is 0 Å². The van der Waals surface area contributed by atoms with Crippen LogP contribution in [-0.4, -0.2) is 53.9 Å². The van der Waals surface area contributed by atoms with Crippen molar-refractivity contribution in [3.8, 4) is 11.5 Å². The lowest BCUT2D eigenvalue weighted by Gasteiger charge is -2.23. The van der Waals surface area contributed by atoms with E-state index in [0.29, 0.717) is 22.6 Å². The number of cyclic esters (lactones) is 1. The van der Waals surface area contributed by atoms with Gasteiger partial charge in [-0.1, -0.05) is 24.3 Å². The highest BCUT2D eigenvalue weighted by molar-refractivity contribution is 7.46. The Kier molecular flexibility index (Phi) is 8.54. The molecule has 2 aromatic carbocycles. The van der Waals surface area contributed by atoms with Crippen molar-refractivity contribution in [2.45, 2.75) is 25.4 Å². The Bertz CT molecular complexity index is 1080. The lowest BCUT2D eigenvalue weighted by Crippen LogP contribution is -2.34. The third kappa shape index (κ3) is 6.72. The second kappa shape index (κ2) is 11.4. The van der Waals surface area contributed by atoms with E-state index in [0.717, 1.165) is 0 Å². The van der Waals surface area contributed by atoms with Gasteiger partial charge in [0, 0.05) is 0 Å². The Morgan fingerprint density at radius 3 is 2.03 bits per heavy atom. The van der Waals surface area contributed by atoms with E-state index in [1.165, 1.54) is 14.2 Å². The molecule has 0 saturated carbocycles. The second-order valence-corrected chi connectivity index (χ2v) is 8.31. The van der Waals surface area contributed by atoms with Gasteiger partial charge in [-0.15, -0.1) is 0 Å². The zero-order valence-corrected chi connectivity index (χ0v) is 19.3. The molecule has 1 heterocycles. The predicted octanol–water partition coefficient (Wildman–Crippen LogP) is 2.04. The van der Waals surface area contributed by atoms with Crippen LogP contribution in [0, 0.1) is 0 Å². The Balaban J connectivity index is 1.88. The van der Waals surface area contributed by atoms with Crippen molar-refractivity contribution in [1.82, 2.24) is 0 Å². The van der Waals surface area contributed by atoms with E-state index in [2.05, 4.69) is 4.52 Å². The van der Waals surface area contributed by atoms with E-state index in [4.69, 9.17) is 23.7 Å². The molecular formula is C22H25O11P. The van der Waals surface area contributed by atoms with Crippen LogP contribution in [0.5, 0.6) is 11.5 Å². The smallest absolute Gasteiger partial charge is 0.470 e. The third-order valence-corrected chi connectivity index (χ3v) is 5.28. The predicted molar refractivity (Wildman–Crippen MR) is 116 cm³/mol. The van der Waals surface area contributed by atoms with E-state index < -0.39 is 32.6 Å². The first-order chi connectivity index (χ1) is 16.2. The average Bonchev–Trinajstić information content (AvgIpc) is 3.14. The molecule has 2 unspecified atom stereocenters. The van der Waals surface area contributed by atoms with Gasteiger partial charge in [-0.25, -0.2) is 9.36 Å². The molecule has 0 saturated heterocycles. The fourth-order valence-electron chi connectivity index (χ4n) is 3.18. The molecule has 0 amide bonds. The molecule has 3 rings (SSSR count). The van der Waals surface area contributed by atoms with E-state index in [1.807, 2.05) is 0 Å². The number of carbonyl (C=O) groups is 1. The van der Waals surface area contributed by atoms with Crippen molar-refractivity contribution in [2.75, 3.05) is 20.8 Å². The van der Waals surface area contributed by atoms with Crippen LogP contribution >= 0.6 is 7.82 Å². The number of methoxy groups -OCH3 is 2. The van der Waals surface area contributed by atoms with Crippen LogP contribution in [-0.2, 0) is 41.3 Å². The summed E-state index contributed by atoms with van der Waals surface area (Å²) in [6.45, 7) is -0.971. The summed E-state index contributed by atoms with van der Waals surface area (Å²) in [5, 5.41) is 9.65. The highest BCUT2D eigenvalue weighted by Gasteiger charge is 2.45. The molecule has 184 valence electrons. The molecule has 3 N–H and O–H groups in total. The minimum Gasteiger partial charge on any atom is -0.497 e. The van der Waals surface area contributed by atoms with Crippen molar-refractivity contribution in [2.24, 2.45) is 0 Å². The standard InChI is InChI=1S/C22H25O11P/c1-28-16-7-3-5-14(9-16)12-30-20-19(18(11-23)33-34(25,26)27)32-22(24)21(20)31-13-15-6-4-8-17(10-15)29-2/h3-10,18-19,23H,11-13H2,1-2H3,(H2,25,26,27). The zero-order chi connectivity index (χ0) is 24.7. The zero-order valence-electron chi connectivity index (χ0n) is 18.4. The van der Waals surface area contributed by atoms with Gasteiger partial charge in [-0.05, 0) is 35.4 Å². The molecule has 0 fully saturated rings. The normalized spacial score (nSPS) is 16.7. The van der Waals surface area contributed by atoms with E-state index in [9.17, 15) is 24.3 Å². The topological polar surface area (TPSA) is 150 Å². The van der Waals surface area contributed by atoms with E-state index in [-0.39, 0.29) is 24.7 Å². The van der Waals surface area contributed by atoms with Crippen LogP contribution < -0.4 is 9.47 Å². The van der Waals surface area contributed by atoms with Crippen molar-refractivity contribution in [3.63, 3.8) is 0 Å². The number of aliphatic hydroxyl groups excluding tert-OH is 1. The number of phosphoric ester groups is 1. The average molecular weight is 496 g/mol. The Morgan fingerprint density at radius 2 is 1.53 bits per heavy atom. The summed E-state index contributed by atoms with van der Waals surface area (Å²) >= 11 is 0. The van der Waals surface area contributed by atoms with Gasteiger partial charge in [-0.3, -0.25) is 4.52 Å². The molecule has 1 aliphatic rings. The Morgan fingerprint density at radius 1 is 0.971 bits per heavy atom. The van der Waals surface area contributed by atoms with Crippen molar-refractivity contribution in [3.05, 3.63) is 71.2 Å². The number of esters is 1. The number of aliphatic hydroxyl groups is 1. The molecule has 0 radical (unpaired) electrons. The largest absolute Gasteiger partial charge is 0.497 e. The minimum absolute atomic E-state index is 0.0521. The maximum atomic E-state index is 12.6. The molecule has 0 aromatic heterocycles. The molecule has 0 bridgehead atoms. The Labute approximate surface area is 195 Å². The summed E-state index contributed by atoms with van der Waals surface area (Å²) in [4.78, 5) is 31.0. The number of hydrogen-bond donors (Lipinski definition) is 3. The first-order valence-electron chi connectivity index (χ1n) is 10.1. The lowest BCUT2D eigenvalue weighted by atomic mass is 10.1. The molecule has 12 heteroatoms. The number of carbonyl (C=O) groups excluding carboxylic acids is 1.